The van der Waals surface area contributed by atoms with E-state index in [0.717, 1.165) is 31.6 Å². The SMILES string of the molecule is COc1ccc([C@@H]2NCC[C@]3(O)CCCC[C@H]23)c(C)c1C. The molecule has 1 heterocycles. The second-order valence-electron chi connectivity index (χ2n) is 6.74. The summed E-state index contributed by atoms with van der Waals surface area (Å²) >= 11 is 0. The monoisotopic (exact) mass is 289 g/mol. The van der Waals surface area contributed by atoms with E-state index in [1.165, 1.54) is 29.5 Å². The molecule has 3 nitrogen and oxygen atoms in total. The molecule has 1 aliphatic carbocycles. The van der Waals surface area contributed by atoms with E-state index < -0.39 is 5.60 Å². The van der Waals surface area contributed by atoms with Gasteiger partial charge in [0.25, 0.3) is 0 Å². The fourth-order valence-electron chi connectivity index (χ4n) is 4.32. The summed E-state index contributed by atoms with van der Waals surface area (Å²) in [6, 6.07) is 4.52. The highest BCUT2D eigenvalue weighted by Crippen LogP contribution is 2.46. The van der Waals surface area contributed by atoms with Crippen molar-refractivity contribution in [1.29, 1.82) is 0 Å². The average molecular weight is 289 g/mol. The van der Waals surface area contributed by atoms with E-state index in [4.69, 9.17) is 4.74 Å². The lowest BCUT2D eigenvalue weighted by Crippen LogP contribution is -2.53. The normalized spacial score (nSPS) is 32.6. The van der Waals surface area contributed by atoms with Crippen molar-refractivity contribution in [2.45, 2.75) is 57.6 Å². The van der Waals surface area contributed by atoms with Crippen LogP contribution < -0.4 is 10.1 Å². The molecule has 0 aromatic heterocycles. The van der Waals surface area contributed by atoms with E-state index >= 15 is 0 Å². The highest BCUT2D eigenvalue weighted by molar-refractivity contribution is 5.45. The van der Waals surface area contributed by atoms with Gasteiger partial charge in [-0.3, -0.25) is 0 Å². The number of hydrogen-bond acceptors (Lipinski definition) is 3. The Labute approximate surface area is 127 Å². The molecule has 1 aromatic carbocycles. The summed E-state index contributed by atoms with van der Waals surface area (Å²) in [5.74, 6) is 1.29. The van der Waals surface area contributed by atoms with Crippen LogP contribution in [0.3, 0.4) is 0 Å². The molecule has 2 N–H and O–H groups in total. The molecule has 2 aliphatic rings. The van der Waals surface area contributed by atoms with E-state index in [9.17, 15) is 5.11 Å². The van der Waals surface area contributed by atoms with Crippen molar-refractivity contribution in [1.82, 2.24) is 5.32 Å². The molecule has 1 aliphatic heterocycles. The Morgan fingerprint density at radius 2 is 2.00 bits per heavy atom. The van der Waals surface area contributed by atoms with E-state index in [-0.39, 0.29) is 6.04 Å². The summed E-state index contributed by atoms with van der Waals surface area (Å²) < 4.78 is 5.42. The fraction of sp³-hybridized carbons (Fsp3) is 0.667. The van der Waals surface area contributed by atoms with Crippen LogP contribution >= 0.6 is 0 Å². The maximum absolute atomic E-state index is 11.0. The van der Waals surface area contributed by atoms with Crippen LogP contribution in [-0.2, 0) is 0 Å². The minimum absolute atomic E-state index is 0.272. The third-order valence-electron chi connectivity index (χ3n) is 5.72. The zero-order valence-corrected chi connectivity index (χ0v) is 13.4. The van der Waals surface area contributed by atoms with Gasteiger partial charge in [-0.1, -0.05) is 18.9 Å². The molecule has 3 heteroatoms. The number of rotatable bonds is 2. The molecule has 0 spiro atoms. The zero-order valence-electron chi connectivity index (χ0n) is 13.4. The highest BCUT2D eigenvalue weighted by atomic mass is 16.5. The number of ether oxygens (including phenoxy) is 1. The van der Waals surface area contributed by atoms with E-state index in [1.807, 2.05) is 0 Å². The number of fused-ring (bicyclic) bond motifs is 1. The highest BCUT2D eigenvalue weighted by Gasteiger charge is 2.46. The lowest BCUT2D eigenvalue weighted by Gasteiger charge is -2.48. The van der Waals surface area contributed by atoms with Crippen LogP contribution in [0.1, 0.15) is 54.8 Å². The number of nitrogens with one attached hydrogen (secondary N) is 1. The lowest BCUT2D eigenvalue weighted by molar-refractivity contribution is -0.0862. The Hall–Kier alpha value is -1.06. The maximum Gasteiger partial charge on any atom is 0.122 e. The molecule has 0 amide bonds. The van der Waals surface area contributed by atoms with E-state index in [2.05, 4.69) is 31.3 Å². The van der Waals surface area contributed by atoms with Gasteiger partial charge in [-0.25, -0.2) is 0 Å². The van der Waals surface area contributed by atoms with Gasteiger partial charge in [-0.2, -0.15) is 0 Å². The summed E-state index contributed by atoms with van der Waals surface area (Å²) in [4.78, 5) is 0. The molecule has 3 atom stereocenters. The topological polar surface area (TPSA) is 41.5 Å². The number of piperidine rings is 1. The molecular weight excluding hydrogens is 262 g/mol. The fourth-order valence-corrected chi connectivity index (χ4v) is 4.32. The van der Waals surface area contributed by atoms with Crippen LogP contribution in [0.25, 0.3) is 0 Å². The first-order valence-electron chi connectivity index (χ1n) is 8.16. The molecule has 0 radical (unpaired) electrons. The molecule has 1 saturated carbocycles. The van der Waals surface area contributed by atoms with Crippen LogP contribution in [0.2, 0.25) is 0 Å². The molecule has 2 fully saturated rings. The van der Waals surface area contributed by atoms with Crippen LogP contribution in [-0.4, -0.2) is 24.4 Å². The van der Waals surface area contributed by atoms with E-state index in [1.54, 1.807) is 7.11 Å². The third-order valence-corrected chi connectivity index (χ3v) is 5.72. The van der Waals surface area contributed by atoms with Crippen molar-refractivity contribution in [2.24, 2.45) is 5.92 Å². The van der Waals surface area contributed by atoms with Gasteiger partial charge in [0.2, 0.25) is 0 Å². The number of benzene rings is 1. The summed E-state index contributed by atoms with van der Waals surface area (Å²) in [6.07, 6.45) is 5.38. The van der Waals surface area contributed by atoms with Crippen molar-refractivity contribution < 1.29 is 9.84 Å². The Morgan fingerprint density at radius 3 is 2.76 bits per heavy atom. The summed E-state index contributed by atoms with van der Waals surface area (Å²) in [5, 5.41) is 14.7. The predicted molar refractivity (Wildman–Crippen MR) is 84.7 cm³/mol. The van der Waals surface area contributed by atoms with Crippen LogP contribution in [0.4, 0.5) is 0 Å². The predicted octanol–water partition coefficient (Wildman–Crippen LogP) is 3.27. The van der Waals surface area contributed by atoms with Gasteiger partial charge < -0.3 is 15.2 Å². The molecule has 21 heavy (non-hydrogen) atoms. The first-order chi connectivity index (χ1) is 10.1. The summed E-state index contributed by atoms with van der Waals surface area (Å²) in [5.41, 5.74) is 3.37. The Kier molecular flexibility index (Phi) is 3.98. The minimum Gasteiger partial charge on any atom is -0.496 e. The van der Waals surface area contributed by atoms with Crippen LogP contribution in [0.15, 0.2) is 12.1 Å². The van der Waals surface area contributed by atoms with Gasteiger partial charge in [0.1, 0.15) is 5.75 Å². The third kappa shape index (κ3) is 2.47. The standard InChI is InChI=1S/C18H27NO2/c1-12-13(2)16(21-3)8-7-14(12)17-15-6-4-5-9-18(15,20)10-11-19-17/h7-8,15,17,19-20H,4-6,9-11H2,1-3H3/t15-,17+,18-/m1/s1. The van der Waals surface area contributed by atoms with Crippen molar-refractivity contribution >= 4 is 0 Å². The van der Waals surface area contributed by atoms with Gasteiger partial charge in [-0.15, -0.1) is 0 Å². The number of hydrogen-bond donors (Lipinski definition) is 2. The molecule has 0 unspecified atom stereocenters. The van der Waals surface area contributed by atoms with Crippen molar-refractivity contribution in [2.75, 3.05) is 13.7 Å². The molecule has 0 bridgehead atoms. The van der Waals surface area contributed by atoms with Gasteiger partial charge in [-0.05, 0) is 62.4 Å². The average Bonchev–Trinajstić information content (AvgIpc) is 2.49. The van der Waals surface area contributed by atoms with E-state index in [0.29, 0.717) is 5.92 Å². The van der Waals surface area contributed by atoms with Gasteiger partial charge in [0.05, 0.1) is 12.7 Å². The maximum atomic E-state index is 11.0. The Morgan fingerprint density at radius 1 is 1.19 bits per heavy atom. The zero-order chi connectivity index (χ0) is 15.0. The van der Waals surface area contributed by atoms with Gasteiger partial charge in [0, 0.05) is 12.0 Å². The Balaban J connectivity index is 1.97. The quantitative estimate of drug-likeness (QED) is 0.878. The summed E-state index contributed by atoms with van der Waals surface area (Å²) in [6.45, 7) is 5.20. The van der Waals surface area contributed by atoms with Crippen molar-refractivity contribution in [3.05, 3.63) is 28.8 Å². The second kappa shape index (κ2) is 5.62. The van der Waals surface area contributed by atoms with Gasteiger partial charge >= 0.3 is 0 Å². The number of aliphatic hydroxyl groups is 1. The lowest BCUT2D eigenvalue weighted by atomic mass is 9.66. The smallest absolute Gasteiger partial charge is 0.122 e. The van der Waals surface area contributed by atoms with Crippen molar-refractivity contribution in [3.8, 4) is 5.75 Å². The molecular formula is C18H27NO2. The molecule has 1 aromatic rings. The Bertz CT molecular complexity index is 524. The molecule has 3 rings (SSSR count). The second-order valence-corrected chi connectivity index (χ2v) is 6.74. The van der Waals surface area contributed by atoms with Crippen LogP contribution in [0, 0.1) is 19.8 Å². The summed E-state index contributed by atoms with van der Waals surface area (Å²) in [7, 11) is 1.72. The van der Waals surface area contributed by atoms with Crippen molar-refractivity contribution in [3.63, 3.8) is 0 Å². The minimum atomic E-state index is -0.464. The molecule has 1 saturated heterocycles. The largest absolute Gasteiger partial charge is 0.496 e. The van der Waals surface area contributed by atoms with Crippen LogP contribution in [0.5, 0.6) is 5.75 Å². The number of methoxy groups -OCH3 is 1. The first-order valence-corrected chi connectivity index (χ1v) is 8.16. The first kappa shape index (κ1) is 14.9. The van der Waals surface area contributed by atoms with Gasteiger partial charge in [0.15, 0.2) is 0 Å². The molecule has 116 valence electrons.